The van der Waals surface area contributed by atoms with Gasteiger partial charge in [-0.25, -0.2) is 12.7 Å². The van der Waals surface area contributed by atoms with Crippen LogP contribution >= 0.6 is 0 Å². The van der Waals surface area contributed by atoms with Gasteiger partial charge in [0.2, 0.25) is 10.0 Å². The molecule has 0 amide bonds. The first-order chi connectivity index (χ1) is 12.0. The largest absolute Gasteiger partial charge is 0.302 e. The lowest BCUT2D eigenvalue weighted by molar-refractivity contribution is 0.0337. The highest BCUT2D eigenvalue weighted by molar-refractivity contribution is 7.90. The SMILES string of the molecule is CCN1CC(c2ccccc2)CC2(CCN(S(=O)(=O)C3CC3)CC2)C1. The number of likely N-dealkylation sites (tertiary alicyclic amines) is 1. The van der Waals surface area contributed by atoms with E-state index in [1.165, 1.54) is 12.0 Å². The lowest BCUT2D eigenvalue weighted by atomic mass is 9.68. The van der Waals surface area contributed by atoms with Crippen LogP contribution in [0.15, 0.2) is 30.3 Å². The maximum absolute atomic E-state index is 12.5. The van der Waals surface area contributed by atoms with E-state index < -0.39 is 10.0 Å². The number of hydrogen-bond donors (Lipinski definition) is 0. The number of rotatable bonds is 4. The predicted molar refractivity (Wildman–Crippen MR) is 101 cm³/mol. The second-order valence-electron chi connectivity index (χ2n) is 8.28. The third kappa shape index (κ3) is 3.51. The molecule has 25 heavy (non-hydrogen) atoms. The van der Waals surface area contributed by atoms with Crippen molar-refractivity contribution in [2.75, 3.05) is 32.7 Å². The van der Waals surface area contributed by atoms with E-state index in [0.29, 0.717) is 5.92 Å². The number of likely N-dealkylation sites (N-methyl/N-ethyl adjacent to an activating group) is 1. The van der Waals surface area contributed by atoms with Crippen molar-refractivity contribution in [3.8, 4) is 0 Å². The number of piperidine rings is 2. The van der Waals surface area contributed by atoms with Crippen molar-refractivity contribution >= 4 is 10.0 Å². The maximum Gasteiger partial charge on any atom is 0.216 e. The number of benzene rings is 1. The topological polar surface area (TPSA) is 40.6 Å². The van der Waals surface area contributed by atoms with E-state index in [4.69, 9.17) is 0 Å². The molecule has 1 aromatic carbocycles. The van der Waals surface area contributed by atoms with Crippen LogP contribution in [0.25, 0.3) is 0 Å². The second-order valence-corrected chi connectivity index (χ2v) is 10.5. The van der Waals surface area contributed by atoms with Gasteiger partial charge >= 0.3 is 0 Å². The molecule has 1 atom stereocenters. The highest BCUT2D eigenvalue weighted by Gasteiger charge is 2.46. The fourth-order valence-electron chi connectivity index (χ4n) is 4.85. The van der Waals surface area contributed by atoms with Crippen LogP contribution in [0, 0.1) is 5.41 Å². The van der Waals surface area contributed by atoms with E-state index in [2.05, 4.69) is 42.2 Å². The highest BCUT2D eigenvalue weighted by Crippen LogP contribution is 2.46. The molecule has 1 saturated carbocycles. The zero-order chi connectivity index (χ0) is 17.5. The molecule has 1 spiro atoms. The molecule has 4 nitrogen and oxygen atoms in total. The molecule has 0 radical (unpaired) electrons. The maximum atomic E-state index is 12.5. The average Bonchev–Trinajstić information content (AvgIpc) is 3.48. The monoisotopic (exact) mass is 362 g/mol. The van der Waals surface area contributed by atoms with Gasteiger partial charge in [-0.15, -0.1) is 0 Å². The minimum absolute atomic E-state index is 0.0721. The molecule has 0 N–H and O–H groups in total. The summed E-state index contributed by atoms with van der Waals surface area (Å²) in [6.07, 6.45) is 4.95. The van der Waals surface area contributed by atoms with E-state index >= 15 is 0 Å². The minimum Gasteiger partial charge on any atom is -0.302 e. The Labute approximate surface area is 152 Å². The van der Waals surface area contributed by atoms with E-state index in [-0.39, 0.29) is 10.7 Å². The summed E-state index contributed by atoms with van der Waals surface area (Å²) in [4.78, 5) is 2.58. The van der Waals surface area contributed by atoms with Gasteiger partial charge in [-0.2, -0.15) is 0 Å². The molecule has 2 aliphatic heterocycles. The highest BCUT2D eigenvalue weighted by atomic mass is 32.2. The van der Waals surface area contributed by atoms with Crippen LogP contribution in [0.2, 0.25) is 0 Å². The first-order valence-electron chi connectivity index (χ1n) is 9.79. The van der Waals surface area contributed by atoms with Gasteiger partial charge in [-0.3, -0.25) is 0 Å². The van der Waals surface area contributed by atoms with Crippen molar-refractivity contribution in [3.63, 3.8) is 0 Å². The van der Waals surface area contributed by atoms with Gasteiger partial charge < -0.3 is 4.90 Å². The van der Waals surface area contributed by atoms with Gasteiger partial charge in [0.1, 0.15) is 0 Å². The summed E-state index contributed by atoms with van der Waals surface area (Å²) in [6, 6.07) is 10.9. The molecule has 1 aromatic rings. The Balaban J connectivity index is 1.49. The van der Waals surface area contributed by atoms with Crippen LogP contribution in [0.3, 0.4) is 0 Å². The van der Waals surface area contributed by atoms with Crippen molar-refractivity contribution in [1.29, 1.82) is 0 Å². The number of nitrogens with zero attached hydrogens (tertiary/aromatic N) is 2. The Hall–Kier alpha value is -0.910. The molecule has 4 rings (SSSR count). The van der Waals surface area contributed by atoms with Gasteiger partial charge in [0.05, 0.1) is 5.25 Å². The first-order valence-corrected chi connectivity index (χ1v) is 11.3. The summed E-state index contributed by atoms with van der Waals surface area (Å²) in [5.74, 6) is 0.571. The van der Waals surface area contributed by atoms with Gasteiger partial charge in [0.25, 0.3) is 0 Å². The van der Waals surface area contributed by atoms with Crippen LogP contribution in [0.4, 0.5) is 0 Å². The Kier molecular flexibility index (Phi) is 4.67. The van der Waals surface area contributed by atoms with Crippen molar-refractivity contribution in [2.45, 2.75) is 50.2 Å². The second kappa shape index (κ2) is 6.67. The molecular weight excluding hydrogens is 332 g/mol. The molecule has 138 valence electrons. The van der Waals surface area contributed by atoms with Crippen LogP contribution in [-0.2, 0) is 10.0 Å². The Morgan fingerprint density at radius 1 is 1.12 bits per heavy atom. The van der Waals surface area contributed by atoms with Crippen LogP contribution in [0.1, 0.15) is 50.5 Å². The molecular formula is C20H30N2O2S. The molecule has 3 fully saturated rings. The van der Waals surface area contributed by atoms with Crippen molar-refractivity contribution in [3.05, 3.63) is 35.9 Å². The van der Waals surface area contributed by atoms with E-state index in [1.54, 1.807) is 4.31 Å². The molecule has 2 saturated heterocycles. The fraction of sp³-hybridized carbons (Fsp3) is 0.700. The smallest absolute Gasteiger partial charge is 0.216 e. The van der Waals surface area contributed by atoms with Crippen molar-refractivity contribution < 1.29 is 8.42 Å². The van der Waals surface area contributed by atoms with Crippen molar-refractivity contribution in [1.82, 2.24) is 9.21 Å². The summed E-state index contributed by atoms with van der Waals surface area (Å²) in [7, 11) is -3.01. The van der Waals surface area contributed by atoms with E-state index in [1.807, 2.05) is 0 Å². The van der Waals surface area contributed by atoms with Crippen LogP contribution in [-0.4, -0.2) is 55.6 Å². The minimum atomic E-state index is -3.01. The van der Waals surface area contributed by atoms with Crippen molar-refractivity contribution in [2.24, 2.45) is 5.41 Å². The average molecular weight is 363 g/mol. The van der Waals surface area contributed by atoms with Gasteiger partial charge in [0, 0.05) is 26.2 Å². The molecule has 5 heteroatoms. The Morgan fingerprint density at radius 3 is 2.40 bits per heavy atom. The summed E-state index contributed by atoms with van der Waals surface area (Å²) in [5.41, 5.74) is 1.72. The first kappa shape index (κ1) is 17.5. The summed E-state index contributed by atoms with van der Waals surface area (Å²) in [5, 5.41) is -0.0721. The zero-order valence-corrected chi connectivity index (χ0v) is 16.0. The van der Waals surface area contributed by atoms with Crippen LogP contribution < -0.4 is 0 Å². The molecule has 1 aliphatic carbocycles. The molecule has 0 aromatic heterocycles. The van der Waals surface area contributed by atoms with Gasteiger partial charge in [-0.1, -0.05) is 37.3 Å². The lowest BCUT2D eigenvalue weighted by Gasteiger charge is -2.50. The molecule has 2 heterocycles. The fourth-order valence-corrected chi connectivity index (χ4v) is 6.69. The number of hydrogen-bond acceptors (Lipinski definition) is 3. The van der Waals surface area contributed by atoms with Gasteiger partial charge in [0.15, 0.2) is 0 Å². The third-order valence-corrected chi connectivity index (χ3v) is 8.92. The van der Waals surface area contributed by atoms with Gasteiger partial charge in [-0.05, 0) is 55.5 Å². The molecule has 3 aliphatic rings. The standard InChI is InChI=1S/C20H30N2O2S/c1-2-21-15-18(17-6-4-3-5-7-17)14-20(16-21)10-12-22(13-11-20)25(23,24)19-8-9-19/h3-7,18-19H,2,8-16H2,1H3. The molecule has 1 unspecified atom stereocenters. The predicted octanol–water partition coefficient (Wildman–Crippen LogP) is 3.07. The lowest BCUT2D eigenvalue weighted by Crippen LogP contribution is -2.52. The summed E-state index contributed by atoms with van der Waals surface area (Å²) in [6.45, 7) is 7.02. The Bertz CT molecular complexity index is 692. The summed E-state index contributed by atoms with van der Waals surface area (Å²) >= 11 is 0. The number of sulfonamides is 1. The molecule has 0 bridgehead atoms. The Morgan fingerprint density at radius 2 is 1.80 bits per heavy atom. The van der Waals surface area contributed by atoms with Crippen LogP contribution in [0.5, 0.6) is 0 Å². The normalized spacial score (nSPS) is 28.3. The summed E-state index contributed by atoms with van der Waals surface area (Å²) < 4.78 is 26.9. The zero-order valence-electron chi connectivity index (χ0n) is 15.2. The quantitative estimate of drug-likeness (QED) is 0.826. The van der Waals surface area contributed by atoms with E-state index in [9.17, 15) is 8.42 Å². The third-order valence-electron chi connectivity index (χ3n) is 6.52. The van der Waals surface area contributed by atoms with E-state index in [0.717, 1.165) is 58.4 Å².